The molecule has 7 nitrogen and oxygen atoms in total. The Balaban J connectivity index is 0.000000485. The largest absolute Gasteiger partial charge is 0.508 e. The zero-order chi connectivity index (χ0) is 22.7. The number of phenols is 2. The molecule has 0 aliphatic rings. The van der Waals surface area contributed by atoms with Crippen LogP contribution in [0.2, 0.25) is 0 Å². The number of benzene rings is 3. The van der Waals surface area contributed by atoms with Gasteiger partial charge in [-0.2, -0.15) is 0 Å². The lowest BCUT2D eigenvalue weighted by molar-refractivity contribution is -0.135. The fourth-order valence-electron chi connectivity index (χ4n) is 2.28. The van der Waals surface area contributed by atoms with E-state index >= 15 is 0 Å². The molecule has 156 valence electrons. The van der Waals surface area contributed by atoms with Gasteiger partial charge in [0.25, 0.3) is 11.9 Å². The van der Waals surface area contributed by atoms with Crippen LogP contribution in [0.4, 0.5) is 0 Å². The van der Waals surface area contributed by atoms with E-state index in [1.54, 1.807) is 36.4 Å². The van der Waals surface area contributed by atoms with E-state index in [1.165, 1.54) is 12.1 Å². The molecular weight excluding hydrogens is 388 g/mol. The molecule has 0 aromatic heterocycles. The third-order valence-corrected chi connectivity index (χ3v) is 3.46. The number of hydrogen-bond donors (Lipinski definition) is 4. The molecule has 0 atom stereocenters. The van der Waals surface area contributed by atoms with Crippen molar-refractivity contribution in [3.63, 3.8) is 0 Å². The highest BCUT2D eigenvalue weighted by Crippen LogP contribution is 2.23. The fraction of sp³-hybridized carbons (Fsp3) is 0.0870. The van der Waals surface area contributed by atoms with Crippen LogP contribution in [0.15, 0.2) is 72.8 Å². The Morgan fingerprint density at radius 2 is 1.03 bits per heavy atom. The molecule has 4 N–H and O–H groups in total. The summed E-state index contributed by atoms with van der Waals surface area (Å²) < 4.78 is 0. The van der Waals surface area contributed by atoms with Crippen molar-refractivity contribution in [3.8, 4) is 22.6 Å². The molecule has 0 radical (unpaired) electrons. The maximum Gasteiger partial charge on any atom is 0.300 e. The van der Waals surface area contributed by atoms with Gasteiger partial charge in [-0.15, -0.1) is 0 Å². The van der Waals surface area contributed by atoms with Crippen molar-refractivity contribution in [3.05, 3.63) is 83.9 Å². The molecule has 0 unspecified atom stereocenters. The van der Waals surface area contributed by atoms with E-state index in [-0.39, 0.29) is 17.3 Å². The predicted molar refractivity (Wildman–Crippen MR) is 112 cm³/mol. The summed E-state index contributed by atoms with van der Waals surface area (Å²) in [5, 5.41) is 33.6. The second-order valence-electron chi connectivity index (χ2n) is 6.04. The number of aliphatic carboxylic acids is 2. The van der Waals surface area contributed by atoms with Crippen molar-refractivity contribution < 1.29 is 34.8 Å². The normalized spacial score (nSPS) is 9.27. The quantitative estimate of drug-likeness (QED) is 0.476. The lowest BCUT2D eigenvalue weighted by Gasteiger charge is -2.05. The maximum absolute atomic E-state index is 12.3. The van der Waals surface area contributed by atoms with E-state index in [4.69, 9.17) is 19.8 Å². The number of carbonyl (C=O) groups is 3. The summed E-state index contributed by atoms with van der Waals surface area (Å²) in [6.07, 6.45) is 0. The van der Waals surface area contributed by atoms with Gasteiger partial charge in [-0.3, -0.25) is 14.4 Å². The average Bonchev–Trinajstić information content (AvgIpc) is 2.67. The van der Waals surface area contributed by atoms with Crippen LogP contribution in [0.25, 0.3) is 11.1 Å². The van der Waals surface area contributed by atoms with Crippen LogP contribution in [-0.4, -0.2) is 38.1 Å². The van der Waals surface area contributed by atoms with Gasteiger partial charge in [0.2, 0.25) is 0 Å². The van der Waals surface area contributed by atoms with E-state index in [0.29, 0.717) is 11.1 Å². The topological polar surface area (TPSA) is 132 Å². The van der Waals surface area contributed by atoms with E-state index in [2.05, 4.69) is 0 Å². The first kappa shape index (κ1) is 23.9. The maximum atomic E-state index is 12.3. The third-order valence-electron chi connectivity index (χ3n) is 3.46. The molecule has 0 fully saturated rings. The molecule has 3 aromatic rings. The summed E-state index contributed by atoms with van der Waals surface area (Å²) in [5.74, 6) is -1.50. The van der Waals surface area contributed by atoms with Crippen molar-refractivity contribution in [1.29, 1.82) is 0 Å². The summed E-state index contributed by atoms with van der Waals surface area (Å²) in [6.45, 7) is 2.17. The zero-order valence-electron chi connectivity index (χ0n) is 16.4. The summed E-state index contributed by atoms with van der Waals surface area (Å²) in [6, 6.07) is 20.4. The fourth-order valence-corrected chi connectivity index (χ4v) is 2.28. The van der Waals surface area contributed by atoms with Crippen LogP contribution in [0.1, 0.15) is 29.8 Å². The molecule has 0 bridgehead atoms. The van der Waals surface area contributed by atoms with Crippen LogP contribution >= 0.6 is 0 Å². The molecule has 30 heavy (non-hydrogen) atoms. The number of carboxylic acids is 2. The van der Waals surface area contributed by atoms with Crippen molar-refractivity contribution in [2.45, 2.75) is 13.8 Å². The van der Waals surface area contributed by atoms with Crippen molar-refractivity contribution in [2.24, 2.45) is 0 Å². The van der Waals surface area contributed by atoms with Crippen LogP contribution in [0, 0.1) is 0 Å². The first-order valence-electron chi connectivity index (χ1n) is 8.72. The lowest BCUT2D eigenvalue weighted by atomic mass is 9.99. The predicted octanol–water partition coefficient (Wildman–Crippen LogP) is 4.18. The minimum atomic E-state index is -0.833. The first-order chi connectivity index (χ1) is 14.1. The molecule has 0 aliphatic carbocycles. The summed E-state index contributed by atoms with van der Waals surface area (Å²) in [4.78, 5) is 30.3. The average molecular weight is 410 g/mol. The third kappa shape index (κ3) is 8.71. The number of phenolic OH excluding ortho intramolecular Hbond substituents is 2. The van der Waals surface area contributed by atoms with Gasteiger partial charge in [0.15, 0.2) is 5.78 Å². The molecule has 3 rings (SSSR count). The SMILES string of the molecule is CC(=O)O.CC(=O)O.O=C(c1ccc(-c2ccc(O)cc2)cc1)c1cccc(O)c1. The molecule has 7 heteroatoms. The van der Waals surface area contributed by atoms with Gasteiger partial charge in [0, 0.05) is 25.0 Å². The highest BCUT2D eigenvalue weighted by atomic mass is 16.4. The Labute approximate surface area is 173 Å². The van der Waals surface area contributed by atoms with Crippen molar-refractivity contribution >= 4 is 17.7 Å². The number of carbonyl (C=O) groups excluding carboxylic acids is 1. The van der Waals surface area contributed by atoms with E-state index < -0.39 is 11.9 Å². The van der Waals surface area contributed by atoms with Crippen LogP contribution in [0.3, 0.4) is 0 Å². The number of carboxylic acid groups (broad SMARTS) is 2. The number of rotatable bonds is 3. The molecule has 0 saturated heterocycles. The first-order valence-corrected chi connectivity index (χ1v) is 8.72. The highest BCUT2D eigenvalue weighted by molar-refractivity contribution is 6.09. The van der Waals surface area contributed by atoms with Gasteiger partial charge < -0.3 is 20.4 Å². The minimum Gasteiger partial charge on any atom is -0.508 e. The second kappa shape index (κ2) is 11.7. The van der Waals surface area contributed by atoms with Gasteiger partial charge in [-0.1, -0.05) is 48.5 Å². The monoisotopic (exact) mass is 410 g/mol. The second-order valence-corrected chi connectivity index (χ2v) is 6.04. The van der Waals surface area contributed by atoms with E-state index in [9.17, 15) is 15.0 Å². The zero-order valence-corrected chi connectivity index (χ0v) is 16.4. The number of hydrogen-bond acceptors (Lipinski definition) is 5. The molecule has 0 saturated carbocycles. The van der Waals surface area contributed by atoms with Gasteiger partial charge in [-0.05, 0) is 35.4 Å². The van der Waals surface area contributed by atoms with E-state index in [0.717, 1.165) is 25.0 Å². The molecule has 0 amide bonds. The van der Waals surface area contributed by atoms with Gasteiger partial charge in [0.05, 0.1) is 0 Å². The smallest absolute Gasteiger partial charge is 0.300 e. The molecule has 0 aliphatic heterocycles. The van der Waals surface area contributed by atoms with Crippen LogP contribution in [-0.2, 0) is 9.59 Å². The molecular formula is C23H22O7. The van der Waals surface area contributed by atoms with E-state index in [1.807, 2.05) is 24.3 Å². The number of aromatic hydroxyl groups is 2. The van der Waals surface area contributed by atoms with Gasteiger partial charge in [0.1, 0.15) is 11.5 Å². The Morgan fingerprint density at radius 3 is 1.47 bits per heavy atom. The minimum absolute atomic E-state index is 0.0755. The van der Waals surface area contributed by atoms with Crippen molar-refractivity contribution in [2.75, 3.05) is 0 Å². The standard InChI is InChI=1S/C19H14O3.2C2H4O2/c20-17-10-8-14(9-11-17)13-4-6-15(7-5-13)19(22)16-2-1-3-18(21)12-16;2*1-2(3)4/h1-12,20-21H;2*1H3,(H,3,4). The lowest BCUT2D eigenvalue weighted by Crippen LogP contribution is -2.00. The molecule has 0 spiro atoms. The highest BCUT2D eigenvalue weighted by Gasteiger charge is 2.09. The molecule has 3 aromatic carbocycles. The van der Waals surface area contributed by atoms with Crippen LogP contribution in [0.5, 0.6) is 11.5 Å². The Morgan fingerprint density at radius 1 is 0.600 bits per heavy atom. The van der Waals surface area contributed by atoms with Gasteiger partial charge >= 0.3 is 0 Å². The van der Waals surface area contributed by atoms with Crippen LogP contribution < -0.4 is 0 Å². The summed E-state index contributed by atoms with van der Waals surface area (Å²) in [5.41, 5.74) is 2.95. The summed E-state index contributed by atoms with van der Waals surface area (Å²) in [7, 11) is 0. The number of ketones is 1. The Kier molecular flexibility index (Phi) is 9.29. The Hall–Kier alpha value is -4.13. The Bertz CT molecular complexity index is 971. The van der Waals surface area contributed by atoms with Gasteiger partial charge in [-0.25, -0.2) is 0 Å². The summed E-state index contributed by atoms with van der Waals surface area (Å²) >= 11 is 0. The molecule has 0 heterocycles. The van der Waals surface area contributed by atoms with Crippen molar-refractivity contribution in [1.82, 2.24) is 0 Å².